The fourth-order valence-electron chi connectivity index (χ4n) is 1.26. The Hall–Kier alpha value is -1.28. The summed E-state index contributed by atoms with van der Waals surface area (Å²) in [6.07, 6.45) is 0. The zero-order valence-electron chi connectivity index (χ0n) is 11.9. The molecule has 0 aromatic carbocycles. The fraction of sp³-hybridized carbons (Fsp3) is 0.750. The Labute approximate surface area is 122 Å². The number of ether oxygens (including phenoxy) is 2. The third kappa shape index (κ3) is 8.00. The Kier molecular flexibility index (Phi) is 9.83. The van der Waals surface area contributed by atoms with Crippen molar-refractivity contribution in [3.8, 4) is 0 Å². The van der Waals surface area contributed by atoms with Gasteiger partial charge in [0.05, 0.1) is 19.0 Å². The molecule has 116 valence electrons. The molecule has 8 heteroatoms. The molecule has 7 nitrogen and oxygen atoms in total. The Bertz CT molecular complexity index is 336. The van der Waals surface area contributed by atoms with Gasteiger partial charge in [0.2, 0.25) is 0 Å². The highest BCUT2D eigenvalue weighted by Gasteiger charge is 2.24. The van der Waals surface area contributed by atoms with Gasteiger partial charge >= 0.3 is 17.9 Å². The predicted molar refractivity (Wildman–Crippen MR) is 74.6 cm³/mol. The van der Waals surface area contributed by atoms with Gasteiger partial charge in [-0.2, -0.15) is 0 Å². The molecule has 0 saturated carbocycles. The van der Waals surface area contributed by atoms with Gasteiger partial charge in [0, 0.05) is 5.75 Å². The Morgan fingerprint density at radius 1 is 1.20 bits per heavy atom. The standard InChI is InChI=1S/C12H21NO6S/c1-4-18-10(14)7-20-6-9(12(17)19-5-2)13-8(3)11(15)16/h8-9,13H,4-7H2,1-3H3,(H,15,16)/t8-,9-/m0/s1. The summed E-state index contributed by atoms with van der Waals surface area (Å²) in [6.45, 7) is 5.32. The molecule has 0 amide bonds. The van der Waals surface area contributed by atoms with Gasteiger partial charge in [-0.3, -0.25) is 19.7 Å². The first-order chi connectivity index (χ1) is 9.42. The molecule has 0 spiro atoms. The predicted octanol–water partition coefficient (Wildman–Crippen LogP) is 0.277. The monoisotopic (exact) mass is 307 g/mol. The van der Waals surface area contributed by atoms with Crippen molar-refractivity contribution in [1.29, 1.82) is 0 Å². The first-order valence-electron chi connectivity index (χ1n) is 6.31. The quantitative estimate of drug-likeness (QED) is 0.555. The second-order valence-electron chi connectivity index (χ2n) is 3.85. The minimum Gasteiger partial charge on any atom is -0.480 e. The summed E-state index contributed by atoms with van der Waals surface area (Å²) < 4.78 is 9.63. The number of hydrogen-bond acceptors (Lipinski definition) is 7. The zero-order chi connectivity index (χ0) is 15.5. The van der Waals surface area contributed by atoms with Gasteiger partial charge in [-0.1, -0.05) is 0 Å². The van der Waals surface area contributed by atoms with E-state index in [0.29, 0.717) is 6.61 Å². The number of thioether (sulfide) groups is 1. The summed E-state index contributed by atoms with van der Waals surface area (Å²) >= 11 is 1.19. The summed E-state index contributed by atoms with van der Waals surface area (Å²) in [5.41, 5.74) is 0. The summed E-state index contributed by atoms with van der Waals surface area (Å²) in [6, 6.07) is -1.66. The van der Waals surface area contributed by atoms with Gasteiger partial charge in [0.15, 0.2) is 0 Å². The van der Waals surface area contributed by atoms with Crippen LogP contribution in [0.2, 0.25) is 0 Å². The van der Waals surface area contributed by atoms with E-state index in [-0.39, 0.29) is 24.1 Å². The van der Waals surface area contributed by atoms with E-state index in [4.69, 9.17) is 14.6 Å². The van der Waals surface area contributed by atoms with E-state index >= 15 is 0 Å². The van der Waals surface area contributed by atoms with Gasteiger partial charge in [-0.15, -0.1) is 11.8 Å². The molecule has 2 N–H and O–H groups in total. The maximum Gasteiger partial charge on any atom is 0.324 e. The maximum absolute atomic E-state index is 11.7. The molecule has 2 atom stereocenters. The molecule has 20 heavy (non-hydrogen) atoms. The molecule has 0 unspecified atom stereocenters. The number of carboxylic acid groups (broad SMARTS) is 1. The molecular weight excluding hydrogens is 286 g/mol. The van der Waals surface area contributed by atoms with Gasteiger partial charge < -0.3 is 14.6 Å². The highest BCUT2D eigenvalue weighted by atomic mass is 32.2. The van der Waals surface area contributed by atoms with Crippen LogP contribution >= 0.6 is 11.8 Å². The van der Waals surface area contributed by atoms with Gasteiger partial charge in [0.25, 0.3) is 0 Å². The number of rotatable bonds is 10. The first-order valence-corrected chi connectivity index (χ1v) is 7.46. The molecule has 0 bridgehead atoms. The fourth-order valence-corrected chi connectivity index (χ4v) is 2.10. The lowest BCUT2D eigenvalue weighted by molar-refractivity contribution is -0.146. The second kappa shape index (κ2) is 10.5. The minimum atomic E-state index is -1.06. The van der Waals surface area contributed by atoms with Crippen molar-refractivity contribution in [1.82, 2.24) is 5.32 Å². The molecule has 0 rings (SSSR count). The third-order valence-electron chi connectivity index (χ3n) is 2.20. The number of carbonyl (C=O) groups excluding carboxylic acids is 2. The summed E-state index contributed by atoms with van der Waals surface area (Å²) in [5, 5.41) is 11.5. The third-order valence-corrected chi connectivity index (χ3v) is 3.21. The van der Waals surface area contributed by atoms with Crippen molar-refractivity contribution in [2.24, 2.45) is 0 Å². The number of carbonyl (C=O) groups is 3. The maximum atomic E-state index is 11.7. The van der Waals surface area contributed by atoms with E-state index in [1.807, 2.05) is 0 Å². The van der Waals surface area contributed by atoms with Crippen molar-refractivity contribution in [2.45, 2.75) is 32.9 Å². The number of esters is 2. The minimum absolute atomic E-state index is 0.104. The molecular formula is C12H21NO6S. The topological polar surface area (TPSA) is 102 Å². The molecule has 0 saturated heterocycles. The van der Waals surface area contributed by atoms with Crippen LogP contribution in [0.1, 0.15) is 20.8 Å². The Balaban J connectivity index is 4.35. The number of nitrogens with one attached hydrogen (secondary N) is 1. The van der Waals surface area contributed by atoms with Crippen LogP contribution in [0.3, 0.4) is 0 Å². The van der Waals surface area contributed by atoms with Crippen molar-refractivity contribution in [2.75, 3.05) is 24.7 Å². The SMILES string of the molecule is CCOC(=O)CSC[C@H](N[C@@H](C)C(=O)O)C(=O)OCC. The van der Waals surface area contributed by atoms with E-state index in [1.54, 1.807) is 13.8 Å². The molecule has 0 fully saturated rings. The molecule has 0 aliphatic rings. The Morgan fingerprint density at radius 3 is 2.30 bits per heavy atom. The van der Waals surface area contributed by atoms with Gasteiger partial charge in [-0.25, -0.2) is 0 Å². The zero-order valence-corrected chi connectivity index (χ0v) is 12.7. The lowest BCUT2D eigenvalue weighted by Crippen LogP contribution is -2.47. The first kappa shape index (κ1) is 18.7. The van der Waals surface area contributed by atoms with Crippen LogP contribution in [0.5, 0.6) is 0 Å². The van der Waals surface area contributed by atoms with E-state index < -0.39 is 24.0 Å². The molecule has 0 aromatic rings. The van der Waals surface area contributed by atoms with E-state index in [1.165, 1.54) is 18.7 Å². The number of carboxylic acids is 1. The van der Waals surface area contributed by atoms with E-state index in [2.05, 4.69) is 5.32 Å². The molecule has 0 aliphatic carbocycles. The van der Waals surface area contributed by atoms with Crippen LogP contribution in [0, 0.1) is 0 Å². The number of aliphatic carboxylic acids is 1. The summed E-state index contributed by atoms with van der Waals surface area (Å²) in [5.74, 6) is -1.62. The summed E-state index contributed by atoms with van der Waals surface area (Å²) in [4.78, 5) is 33.7. The van der Waals surface area contributed by atoms with Crippen LogP contribution in [0.25, 0.3) is 0 Å². The van der Waals surface area contributed by atoms with Crippen LogP contribution in [0.15, 0.2) is 0 Å². The molecule has 0 aliphatic heterocycles. The highest BCUT2D eigenvalue weighted by molar-refractivity contribution is 8.00. The summed E-state index contributed by atoms with van der Waals surface area (Å²) in [7, 11) is 0. The molecule has 0 heterocycles. The average molecular weight is 307 g/mol. The highest BCUT2D eigenvalue weighted by Crippen LogP contribution is 2.06. The lowest BCUT2D eigenvalue weighted by Gasteiger charge is -2.19. The molecule has 0 aromatic heterocycles. The van der Waals surface area contributed by atoms with Crippen molar-refractivity contribution >= 4 is 29.7 Å². The molecule has 0 radical (unpaired) electrons. The van der Waals surface area contributed by atoms with E-state index in [0.717, 1.165) is 0 Å². The van der Waals surface area contributed by atoms with Crippen molar-refractivity contribution in [3.63, 3.8) is 0 Å². The second-order valence-corrected chi connectivity index (χ2v) is 4.88. The lowest BCUT2D eigenvalue weighted by atomic mass is 10.2. The van der Waals surface area contributed by atoms with Crippen LogP contribution in [-0.2, 0) is 23.9 Å². The largest absolute Gasteiger partial charge is 0.480 e. The van der Waals surface area contributed by atoms with Crippen molar-refractivity contribution < 1.29 is 29.0 Å². The smallest absolute Gasteiger partial charge is 0.324 e. The van der Waals surface area contributed by atoms with Crippen LogP contribution in [-0.4, -0.2) is 59.8 Å². The van der Waals surface area contributed by atoms with Crippen LogP contribution < -0.4 is 5.32 Å². The normalized spacial score (nSPS) is 13.3. The number of hydrogen-bond donors (Lipinski definition) is 2. The Morgan fingerprint density at radius 2 is 1.80 bits per heavy atom. The van der Waals surface area contributed by atoms with Crippen molar-refractivity contribution in [3.05, 3.63) is 0 Å². The van der Waals surface area contributed by atoms with Gasteiger partial charge in [-0.05, 0) is 20.8 Å². The van der Waals surface area contributed by atoms with Crippen LogP contribution in [0.4, 0.5) is 0 Å². The average Bonchev–Trinajstić information content (AvgIpc) is 2.37. The van der Waals surface area contributed by atoms with Gasteiger partial charge in [0.1, 0.15) is 12.1 Å². The van der Waals surface area contributed by atoms with E-state index in [9.17, 15) is 14.4 Å².